The van der Waals surface area contributed by atoms with Crippen molar-refractivity contribution in [2.75, 3.05) is 6.61 Å². The van der Waals surface area contributed by atoms with Gasteiger partial charge in [-0.05, 0) is 84.2 Å². The van der Waals surface area contributed by atoms with Crippen LogP contribution in [-0.4, -0.2) is 30.6 Å². The third-order valence-electron chi connectivity index (χ3n) is 9.54. The van der Waals surface area contributed by atoms with E-state index in [1.165, 1.54) is 38.2 Å². The van der Waals surface area contributed by atoms with Gasteiger partial charge in [0.1, 0.15) is 6.10 Å². The van der Waals surface area contributed by atoms with Crippen LogP contribution in [0.4, 0.5) is 0 Å². The van der Waals surface area contributed by atoms with Gasteiger partial charge in [0, 0.05) is 13.3 Å². The second kappa shape index (κ2) is 6.17. The lowest BCUT2D eigenvalue weighted by atomic mass is 9.46. The third-order valence-corrected chi connectivity index (χ3v) is 9.54. The number of carbonyl (C=O) groups is 2. The Hall–Kier alpha value is -1.16. The highest BCUT2D eigenvalue weighted by molar-refractivity contribution is 5.92. The normalized spacial score (nSPS) is 49.9. The van der Waals surface area contributed by atoms with E-state index < -0.39 is 0 Å². The Bertz CT molecular complexity index is 741. The minimum atomic E-state index is -0.171. The molecule has 4 aliphatic carbocycles. The maximum absolute atomic E-state index is 12.1. The highest BCUT2D eigenvalue weighted by Crippen LogP contribution is 2.70. The summed E-state index contributed by atoms with van der Waals surface area (Å²) in [5, 5.41) is 0. The average Bonchev–Trinajstić information content (AvgIpc) is 3.35. The van der Waals surface area contributed by atoms with Gasteiger partial charge in [0.15, 0.2) is 5.78 Å². The molecule has 0 spiro atoms. The van der Waals surface area contributed by atoms with Crippen LogP contribution >= 0.6 is 0 Å². The lowest BCUT2D eigenvalue weighted by Gasteiger charge is -2.57. The molecule has 3 saturated carbocycles. The van der Waals surface area contributed by atoms with E-state index in [9.17, 15) is 9.59 Å². The first-order chi connectivity index (χ1) is 13.3. The van der Waals surface area contributed by atoms with Gasteiger partial charge in [-0.25, -0.2) is 0 Å². The summed E-state index contributed by atoms with van der Waals surface area (Å²) in [5.74, 6) is 3.13. The lowest BCUT2D eigenvalue weighted by Crippen LogP contribution is -2.54. The number of hydrogen-bond donors (Lipinski definition) is 0. The molecule has 28 heavy (non-hydrogen) atoms. The molecule has 0 N–H and O–H groups in total. The summed E-state index contributed by atoms with van der Waals surface area (Å²) in [4.78, 5) is 23.4. The molecule has 4 heteroatoms. The molecule has 4 fully saturated rings. The molecule has 0 amide bonds. The molecule has 0 radical (unpaired) electrons. The van der Waals surface area contributed by atoms with E-state index in [-0.39, 0.29) is 17.5 Å². The average molecular weight is 387 g/mol. The molecule has 154 valence electrons. The van der Waals surface area contributed by atoms with E-state index in [0.29, 0.717) is 59.9 Å². The summed E-state index contributed by atoms with van der Waals surface area (Å²) in [5.41, 5.74) is 1.79. The monoisotopic (exact) mass is 386 g/mol. The van der Waals surface area contributed by atoms with Crippen molar-refractivity contribution in [3.8, 4) is 0 Å². The van der Waals surface area contributed by atoms with Crippen LogP contribution in [0.1, 0.15) is 66.2 Å². The fourth-order valence-corrected chi connectivity index (χ4v) is 8.15. The molecule has 1 aliphatic heterocycles. The van der Waals surface area contributed by atoms with Crippen molar-refractivity contribution in [3.05, 3.63) is 11.6 Å². The zero-order chi connectivity index (χ0) is 19.8. The molecular formula is C24H34O4. The molecule has 9 atom stereocenters. The Morgan fingerprint density at radius 2 is 2.04 bits per heavy atom. The van der Waals surface area contributed by atoms with E-state index in [1.54, 1.807) is 0 Å². The predicted molar refractivity (Wildman–Crippen MR) is 105 cm³/mol. The van der Waals surface area contributed by atoms with Crippen LogP contribution in [-0.2, 0) is 19.1 Å². The molecule has 5 aliphatic rings. The van der Waals surface area contributed by atoms with Crippen LogP contribution in [0.5, 0.6) is 0 Å². The zero-order valence-corrected chi connectivity index (χ0v) is 17.7. The van der Waals surface area contributed by atoms with Gasteiger partial charge < -0.3 is 9.47 Å². The number of rotatable bonds is 3. The first-order valence-corrected chi connectivity index (χ1v) is 11.3. The van der Waals surface area contributed by atoms with Crippen LogP contribution in [0, 0.1) is 40.4 Å². The van der Waals surface area contributed by atoms with E-state index in [0.717, 1.165) is 6.42 Å². The number of esters is 1. The molecule has 1 heterocycles. The summed E-state index contributed by atoms with van der Waals surface area (Å²) in [7, 11) is 0. The molecular weight excluding hydrogens is 352 g/mol. The van der Waals surface area contributed by atoms with Crippen LogP contribution in [0.2, 0.25) is 0 Å². The number of fused-ring (bicyclic) bond motifs is 8. The maximum Gasteiger partial charge on any atom is 0.302 e. The highest BCUT2D eigenvalue weighted by atomic mass is 16.6. The van der Waals surface area contributed by atoms with E-state index in [1.807, 2.05) is 6.08 Å². The Kier molecular flexibility index (Phi) is 4.15. The van der Waals surface area contributed by atoms with Gasteiger partial charge in [0.2, 0.25) is 0 Å². The van der Waals surface area contributed by atoms with Crippen LogP contribution in [0.25, 0.3) is 0 Å². The first kappa shape index (κ1) is 18.8. The molecule has 0 aromatic rings. The standard InChI is InChI=1S/C24H34O4/c1-13(12-27-14(2)25)16-5-6-17-20-18(8-10-23(16,17)3)24(4)9-7-15(26)11-19(24)21-22(20)28-21/h11,13,16-18,20-22H,5-10,12H2,1-4H3/t13-,16?,17?,18?,20?,21+,22?,23-,24-/m1/s1. The fourth-order valence-electron chi connectivity index (χ4n) is 8.15. The molecule has 5 rings (SSSR count). The molecule has 4 nitrogen and oxygen atoms in total. The zero-order valence-electron chi connectivity index (χ0n) is 17.7. The summed E-state index contributed by atoms with van der Waals surface area (Å²) in [6.07, 6.45) is 9.18. The number of epoxide rings is 1. The number of hydrogen-bond acceptors (Lipinski definition) is 4. The van der Waals surface area contributed by atoms with Crippen molar-refractivity contribution >= 4 is 11.8 Å². The summed E-state index contributed by atoms with van der Waals surface area (Å²) in [6.45, 7) is 9.24. The highest BCUT2D eigenvalue weighted by Gasteiger charge is 2.69. The van der Waals surface area contributed by atoms with Gasteiger partial charge in [-0.1, -0.05) is 20.8 Å². The summed E-state index contributed by atoms with van der Waals surface area (Å²) in [6, 6.07) is 0. The molecule has 0 aromatic heterocycles. The predicted octanol–water partition coefficient (Wildman–Crippen LogP) is 4.32. The van der Waals surface area contributed by atoms with Crippen molar-refractivity contribution < 1.29 is 19.1 Å². The second-order valence-corrected chi connectivity index (χ2v) is 10.8. The lowest BCUT2D eigenvalue weighted by molar-refractivity contribution is -0.143. The quantitative estimate of drug-likeness (QED) is 0.535. The van der Waals surface area contributed by atoms with Crippen LogP contribution in [0.15, 0.2) is 11.6 Å². The summed E-state index contributed by atoms with van der Waals surface area (Å²) >= 11 is 0. The summed E-state index contributed by atoms with van der Waals surface area (Å²) < 4.78 is 11.6. The van der Waals surface area contributed by atoms with E-state index >= 15 is 0 Å². The first-order valence-electron chi connectivity index (χ1n) is 11.3. The smallest absolute Gasteiger partial charge is 0.302 e. The minimum absolute atomic E-state index is 0.152. The Morgan fingerprint density at radius 1 is 1.25 bits per heavy atom. The molecule has 0 bridgehead atoms. The van der Waals surface area contributed by atoms with Gasteiger partial charge in [-0.3, -0.25) is 9.59 Å². The molecule has 1 saturated heterocycles. The second-order valence-electron chi connectivity index (χ2n) is 10.8. The van der Waals surface area contributed by atoms with Crippen molar-refractivity contribution in [1.29, 1.82) is 0 Å². The van der Waals surface area contributed by atoms with Gasteiger partial charge in [-0.2, -0.15) is 0 Å². The van der Waals surface area contributed by atoms with Crippen LogP contribution in [0.3, 0.4) is 0 Å². The van der Waals surface area contributed by atoms with Gasteiger partial charge in [0.25, 0.3) is 0 Å². The topological polar surface area (TPSA) is 55.9 Å². The van der Waals surface area contributed by atoms with Gasteiger partial charge in [-0.15, -0.1) is 0 Å². The third kappa shape index (κ3) is 2.52. The maximum atomic E-state index is 12.1. The van der Waals surface area contributed by atoms with Crippen molar-refractivity contribution in [1.82, 2.24) is 0 Å². The van der Waals surface area contributed by atoms with Gasteiger partial charge in [0.05, 0.1) is 12.7 Å². The van der Waals surface area contributed by atoms with E-state index in [4.69, 9.17) is 9.47 Å². The van der Waals surface area contributed by atoms with Crippen molar-refractivity contribution in [2.45, 2.75) is 78.4 Å². The fraction of sp³-hybridized carbons (Fsp3) is 0.833. The van der Waals surface area contributed by atoms with Crippen molar-refractivity contribution in [3.63, 3.8) is 0 Å². The number of carbonyl (C=O) groups excluding carboxylic acids is 2. The van der Waals surface area contributed by atoms with Crippen LogP contribution < -0.4 is 0 Å². The Labute approximate surface area is 168 Å². The number of ether oxygens (including phenoxy) is 2. The minimum Gasteiger partial charge on any atom is -0.466 e. The van der Waals surface area contributed by atoms with E-state index in [2.05, 4.69) is 20.8 Å². The SMILES string of the molecule is CC(=O)OC[C@@H](C)C1CCC2C3C4O[C@H]4C4=CC(=O)CC[C@]4(C)C3CC[C@@]21C. The number of ketones is 1. The van der Waals surface area contributed by atoms with Gasteiger partial charge >= 0.3 is 5.97 Å². The largest absolute Gasteiger partial charge is 0.466 e. The Morgan fingerprint density at radius 3 is 2.79 bits per heavy atom. The molecule has 5 unspecified atom stereocenters. The Balaban J connectivity index is 1.42. The molecule has 0 aromatic carbocycles. The van der Waals surface area contributed by atoms with Crippen molar-refractivity contribution in [2.24, 2.45) is 40.4 Å².